The highest BCUT2D eigenvalue weighted by Gasteiger charge is 2.38. The van der Waals surface area contributed by atoms with Gasteiger partial charge in [-0.1, -0.05) is 154 Å². The van der Waals surface area contributed by atoms with E-state index in [0.717, 1.165) is 40.5 Å². The molecule has 1 atom stereocenters. The summed E-state index contributed by atoms with van der Waals surface area (Å²) in [6, 6.07) is 75.6. The van der Waals surface area contributed by atoms with Crippen LogP contribution in [-0.4, -0.2) is 0 Å². The molecule has 0 bridgehead atoms. The Morgan fingerprint density at radius 1 is 0.412 bits per heavy atom. The number of allylic oxidation sites excluding steroid dienone is 3. The average Bonchev–Trinajstić information content (AvgIpc) is 3.61. The van der Waals surface area contributed by atoms with E-state index in [1.807, 2.05) is 0 Å². The van der Waals surface area contributed by atoms with E-state index in [-0.39, 0.29) is 5.41 Å². The second-order valence-corrected chi connectivity index (χ2v) is 19.1. The van der Waals surface area contributed by atoms with Crippen LogP contribution in [0.5, 0.6) is 0 Å². The summed E-state index contributed by atoms with van der Waals surface area (Å²) < 4.78 is 0. The lowest BCUT2D eigenvalue weighted by Gasteiger charge is -2.43. The zero-order valence-corrected chi connectivity index (χ0v) is 38.5. The Hall–Kier alpha value is -8.34. The van der Waals surface area contributed by atoms with Crippen LogP contribution in [0.1, 0.15) is 49.4 Å². The third-order valence-electron chi connectivity index (χ3n) is 14.5. The van der Waals surface area contributed by atoms with Crippen LogP contribution in [0, 0.1) is 5.92 Å². The number of nitrogens with zero attached hydrogens (tertiary/aromatic N) is 4. The average molecular weight is 875 g/mol. The van der Waals surface area contributed by atoms with E-state index in [9.17, 15) is 0 Å². The summed E-state index contributed by atoms with van der Waals surface area (Å²) in [5.41, 5.74) is 21.9. The Bertz CT molecular complexity index is 3520. The second kappa shape index (κ2) is 15.6. The zero-order chi connectivity index (χ0) is 45.5. The summed E-state index contributed by atoms with van der Waals surface area (Å²) in [5.74, 6) is 0.453. The molecule has 4 nitrogen and oxygen atoms in total. The number of hydrogen-bond donors (Lipinski definition) is 0. The number of anilines is 10. The van der Waals surface area contributed by atoms with Crippen LogP contribution >= 0.6 is 0 Å². The summed E-state index contributed by atoms with van der Waals surface area (Å²) in [7, 11) is 0. The predicted octanol–water partition coefficient (Wildman–Crippen LogP) is 17.7. The van der Waals surface area contributed by atoms with Crippen molar-refractivity contribution in [2.75, 3.05) is 19.6 Å². The summed E-state index contributed by atoms with van der Waals surface area (Å²) in [6.07, 6.45) is 10.2. The van der Waals surface area contributed by atoms with Gasteiger partial charge in [0, 0.05) is 33.9 Å². The largest absolute Gasteiger partial charge is 0.310 e. The number of fused-ring (bicyclic) bond motifs is 7. The first-order chi connectivity index (χ1) is 33.4. The highest BCUT2D eigenvalue weighted by molar-refractivity contribution is 6.03. The summed E-state index contributed by atoms with van der Waals surface area (Å²) in [6.45, 7) is 7.10. The Morgan fingerprint density at radius 2 is 0.853 bits per heavy atom. The van der Waals surface area contributed by atoms with Gasteiger partial charge in [0.25, 0.3) is 0 Å². The molecule has 0 amide bonds. The predicted molar refractivity (Wildman–Crippen MR) is 287 cm³/mol. The molecule has 0 spiro atoms. The normalized spacial score (nSPS) is 16.4. The van der Waals surface area contributed by atoms with Gasteiger partial charge in [0.15, 0.2) is 0 Å². The number of rotatable bonds is 6. The van der Waals surface area contributed by atoms with Gasteiger partial charge in [-0.2, -0.15) is 0 Å². The van der Waals surface area contributed by atoms with Crippen LogP contribution in [0.25, 0.3) is 34.1 Å². The molecule has 0 fully saturated rings. The topological polar surface area (TPSA) is 13.0 Å². The molecule has 9 aromatic rings. The minimum Gasteiger partial charge on any atom is -0.310 e. The molecular weight excluding hydrogens is 825 g/mol. The molecule has 2 aliphatic carbocycles. The van der Waals surface area contributed by atoms with Gasteiger partial charge in [-0.25, -0.2) is 0 Å². The van der Waals surface area contributed by atoms with Crippen molar-refractivity contribution in [3.63, 3.8) is 0 Å². The fraction of sp³-hybridized carbons (Fsp3) is 0.0938. The fourth-order valence-corrected chi connectivity index (χ4v) is 11.3. The van der Waals surface area contributed by atoms with Gasteiger partial charge >= 0.3 is 0 Å². The van der Waals surface area contributed by atoms with Crippen LogP contribution in [0.2, 0.25) is 0 Å². The van der Waals surface area contributed by atoms with E-state index in [1.165, 1.54) is 78.3 Å². The Balaban J connectivity index is 0.797. The van der Waals surface area contributed by atoms with Crippen molar-refractivity contribution in [3.8, 4) is 11.1 Å². The molecule has 2 aliphatic heterocycles. The van der Waals surface area contributed by atoms with Gasteiger partial charge in [0.2, 0.25) is 0 Å². The molecule has 1 unspecified atom stereocenters. The first-order valence-corrected chi connectivity index (χ1v) is 23.9. The van der Waals surface area contributed by atoms with Gasteiger partial charge < -0.3 is 19.6 Å². The molecule has 4 aliphatic rings. The van der Waals surface area contributed by atoms with E-state index < -0.39 is 0 Å². The first kappa shape index (κ1) is 40.0. The molecule has 68 heavy (non-hydrogen) atoms. The van der Waals surface area contributed by atoms with Crippen molar-refractivity contribution in [2.24, 2.45) is 5.92 Å². The Kier molecular flexibility index (Phi) is 9.20. The fourth-order valence-electron chi connectivity index (χ4n) is 11.3. The molecule has 13 rings (SSSR count). The molecule has 4 heteroatoms. The zero-order valence-electron chi connectivity index (χ0n) is 38.5. The maximum Gasteiger partial charge on any atom is 0.0703 e. The maximum atomic E-state index is 2.50. The van der Waals surface area contributed by atoms with Gasteiger partial charge in [-0.15, -0.1) is 0 Å². The van der Waals surface area contributed by atoms with E-state index in [2.05, 4.69) is 271 Å². The van der Waals surface area contributed by atoms with Crippen molar-refractivity contribution in [2.45, 2.75) is 32.6 Å². The van der Waals surface area contributed by atoms with E-state index >= 15 is 0 Å². The lowest BCUT2D eigenvalue weighted by atomic mass is 9.81. The van der Waals surface area contributed by atoms with Crippen LogP contribution in [0.3, 0.4) is 0 Å². The molecular formula is C64H50N4. The highest BCUT2D eigenvalue weighted by Crippen LogP contribution is 2.56. The summed E-state index contributed by atoms with van der Waals surface area (Å²) in [4.78, 5) is 9.75. The van der Waals surface area contributed by atoms with Crippen molar-refractivity contribution < 1.29 is 0 Å². The van der Waals surface area contributed by atoms with E-state index in [4.69, 9.17) is 0 Å². The lowest BCUT2D eigenvalue weighted by molar-refractivity contribution is 0.660. The second-order valence-electron chi connectivity index (χ2n) is 19.1. The van der Waals surface area contributed by atoms with Crippen LogP contribution in [0.4, 0.5) is 56.9 Å². The molecule has 0 saturated heterocycles. The smallest absolute Gasteiger partial charge is 0.0703 e. The van der Waals surface area contributed by atoms with Crippen LogP contribution in [0.15, 0.2) is 230 Å². The van der Waals surface area contributed by atoms with Crippen molar-refractivity contribution in [3.05, 3.63) is 252 Å². The highest BCUT2D eigenvalue weighted by atomic mass is 15.3. The Morgan fingerprint density at radius 3 is 1.49 bits per heavy atom. The number of hydrogen-bond acceptors (Lipinski definition) is 4. The summed E-state index contributed by atoms with van der Waals surface area (Å²) in [5, 5.41) is 2.42. The third-order valence-corrected chi connectivity index (χ3v) is 14.5. The molecule has 0 saturated carbocycles. The van der Waals surface area contributed by atoms with E-state index in [0.29, 0.717) is 5.92 Å². The van der Waals surface area contributed by atoms with Crippen LogP contribution < -0.4 is 19.6 Å². The van der Waals surface area contributed by atoms with E-state index in [1.54, 1.807) is 0 Å². The molecule has 0 radical (unpaired) electrons. The van der Waals surface area contributed by atoms with Gasteiger partial charge in [0.05, 0.1) is 39.8 Å². The number of benzene rings is 9. The quantitative estimate of drug-likeness (QED) is 0.154. The molecule has 326 valence electrons. The molecule has 2 heterocycles. The number of para-hydroxylation sites is 8. The van der Waals surface area contributed by atoms with Gasteiger partial charge in [0.1, 0.15) is 0 Å². The standard InChI is InChI=1S/C64H50N4/c1-43-26-37-62-63(38-43)66(49-18-8-5-9-19-49)58-22-12-15-25-61(58)68(62)51-34-36-53-52-35-30-45(40-54(52)64(2,3)55(53)42-51)28-27-44-29-31-47-41-50(33-32-46(47)39-44)67-59-23-13-10-20-56(59)65(48-16-6-4-7-17-48)57-21-11-14-24-60(57)67/h4-37,39-43H,38H2,1-3H3. The SMILES string of the molecule is CC1C=CC2=C(C1)N(c1ccccc1)c1ccccc1N2c1ccc2c(c1)C(C)(C)c1cc(C=Cc3ccc4cc(N5c6ccccc6N(c6ccccc6)c6ccccc65)ccc4c3)ccc1-2. The van der Waals surface area contributed by atoms with Crippen molar-refractivity contribution in [1.29, 1.82) is 0 Å². The molecule has 0 N–H and O–H groups in total. The maximum absolute atomic E-state index is 2.50. The minimum atomic E-state index is -0.181. The third kappa shape index (κ3) is 6.36. The van der Waals surface area contributed by atoms with Gasteiger partial charge in [-0.05, 0) is 154 Å². The Labute approximate surface area is 399 Å². The lowest BCUT2D eigenvalue weighted by Crippen LogP contribution is -2.33. The summed E-state index contributed by atoms with van der Waals surface area (Å²) >= 11 is 0. The minimum absolute atomic E-state index is 0.181. The monoisotopic (exact) mass is 874 g/mol. The molecule has 0 aromatic heterocycles. The van der Waals surface area contributed by atoms with Crippen LogP contribution in [-0.2, 0) is 5.41 Å². The van der Waals surface area contributed by atoms with Crippen molar-refractivity contribution >= 4 is 79.8 Å². The van der Waals surface area contributed by atoms with Crippen molar-refractivity contribution in [1.82, 2.24) is 0 Å². The van der Waals surface area contributed by atoms with Gasteiger partial charge in [-0.3, -0.25) is 0 Å². The molecule has 9 aromatic carbocycles. The first-order valence-electron chi connectivity index (χ1n) is 23.9.